The number of benzene rings is 2. The molecule has 0 radical (unpaired) electrons. The number of rotatable bonds is 5. The number of hydrogen-bond acceptors (Lipinski definition) is 7. The number of tetrazole rings is 1. The van der Waals surface area contributed by atoms with Crippen LogP contribution in [0.15, 0.2) is 64.7 Å². The van der Waals surface area contributed by atoms with Crippen LogP contribution in [-0.2, 0) is 6.54 Å². The molecule has 2 aromatic carbocycles. The molecule has 9 nitrogen and oxygen atoms in total. The van der Waals surface area contributed by atoms with Crippen molar-refractivity contribution >= 4 is 29.1 Å². The molecule has 0 aliphatic heterocycles. The number of hydrogen-bond donors (Lipinski definition) is 3. The fourth-order valence-corrected chi connectivity index (χ4v) is 2.34. The van der Waals surface area contributed by atoms with Gasteiger partial charge < -0.3 is 5.21 Å². The molecule has 0 saturated carbocycles. The normalized spacial score (nSPS) is 12.2. The predicted octanol–water partition coefficient (Wildman–Crippen LogP) is 2.26. The highest BCUT2D eigenvalue weighted by atomic mass is 35.5. The smallest absolute Gasteiger partial charge is 0.271 e. The van der Waals surface area contributed by atoms with Gasteiger partial charge in [-0.15, -0.1) is 0 Å². The van der Waals surface area contributed by atoms with E-state index >= 15 is 0 Å². The highest BCUT2D eigenvalue weighted by Crippen LogP contribution is 2.14. The second kappa shape index (κ2) is 8.19. The first kappa shape index (κ1) is 17.5. The summed E-state index contributed by atoms with van der Waals surface area (Å²) in [5.41, 5.74) is 3.42. The SMILES string of the molecule is O/N=C(/C(=N/c1nnnn1Cc1ccc(Cl)cc1)NO)c1ccccc1. The Kier molecular flexibility index (Phi) is 5.52. The Morgan fingerprint density at radius 2 is 1.85 bits per heavy atom. The fourth-order valence-electron chi connectivity index (χ4n) is 2.21. The maximum atomic E-state index is 9.43. The number of hydroxylamine groups is 1. The summed E-state index contributed by atoms with van der Waals surface area (Å²) < 4.78 is 1.43. The maximum absolute atomic E-state index is 9.43. The van der Waals surface area contributed by atoms with Gasteiger partial charge in [-0.25, -0.2) is 4.68 Å². The third kappa shape index (κ3) is 4.02. The van der Waals surface area contributed by atoms with Crippen molar-refractivity contribution < 1.29 is 10.4 Å². The largest absolute Gasteiger partial charge is 0.410 e. The van der Waals surface area contributed by atoms with E-state index in [0.29, 0.717) is 17.1 Å². The molecule has 10 heteroatoms. The topological polar surface area (TPSA) is 121 Å². The van der Waals surface area contributed by atoms with Crippen LogP contribution in [-0.4, -0.2) is 42.2 Å². The van der Waals surface area contributed by atoms with Crippen LogP contribution in [0.3, 0.4) is 0 Å². The van der Waals surface area contributed by atoms with Gasteiger partial charge in [0.2, 0.25) is 0 Å². The lowest BCUT2D eigenvalue weighted by molar-refractivity contribution is 0.236. The first-order valence-corrected chi connectivity index (χ1v) is 7.86. The lowest BCUT2D eigenvalue weighted by atomic mass is 10.1. The van der Waals surface area contributed by atoms with Gasteiger partial charge in [-0.1, -0.05) is 64.3 Å². The number of amidine groups is 1. The van der Waals surface area contributed by atoms with Crippen LogP contribution in [0.25, 0.3) is 0 Å². The number of nitrogens with one attached hydrogen (secondary N) is 1. The number of nitrogens with zero attached hydrogens (tertiary/aromatic N) is 6. The molecule has 0 amide bonds. The van der Waals surface area contributed by atoms with E-state index in [-0.39, 0.29) is 17.5 Å². The molecule has 1 aromatic heterocycles. The van der Waals surface area contributed by atoms with Crippen molar-refractivity contribution in [3.63, 3.8) is 0 Å². The van der Waals surface area contributed by atoms with Crippen LogP contribution >= 0.6 is 11.6 Å². The number of oxime groups is 1. The van der Waals surface area contributed by atoms with Crippen molar-refractivity contribution in [2.45, 2.75) is 6.54 Å². The van der Waals surface area contributed by atoms with Gasteiger partial charge in [-0.2, -0.15) is 4.99 Å². The summed E-state index contributed by atoms with van der Waals surface area (Å²) in [5, 5.41) is 33.9. The standard InChI is InChI=1S/C16H14ClN7O2/c17-13-8-6-11(7-9-13)10-24-16(19-22-23-24)18-15(21-26)14(20-25)12-4-2-1-3-5-12/h1-9,25-26H,10H2,(H,18,19,21,23)/b20-14+. The molecule has 3 N–H and O–H groups in total. The molecule has 132 valence electrons. The van der Waals surface area contributed by atoms with Crippen molar-refractivity contribution in [1.29, 1.82) is 0 Å². The van der Waals surface area contributed by atoms with E-state index in [1.807, 2.05) is 23.7 Å². The molecule has 3 rings (SSSR count). The maximum Gasteiger partial charge on any atom is 0.271 e. The first-order chi connectivity index (χ1) is 12.7. The summed E-state index contributed by atoms with van der Waals surface area (Å²) >= 11 is 5.88. The Morgan fingerprint density at radius 3 is 2.50 bits per heavy atom. The van der Waals surface area contributed by atoms with Gasteiger partial charge >= 0.3 is 0 Å². The van der Waals surface area contributed by atoms with E-state index in [1.165, 1.54) is 4.68 Å². The highest BCUT2D eigenvalue weighted by Gasteiger charge is 2.15. The summed E-state index contributed by atoms with van der Waals surface area (Å²) in [5.74, 6) is 0.0134. The van der Waals surface area contributed by atoms with E-state index in [9.17, 15) is 10.4 Å². The highest BCUT2D eigenvalue weighted by molar-refractivity contribution is 6.47. The Morgan fingerprint density at radius 1 is 1.12 bits per heavy atom. The summed E-state index contributed by atoms with van der Waals surface area (Å²) in [4.78, 5) is 4.16. The molecular weight excluding hydrogens is 358 g/mol. The van der Waals surface area contributed by atoms with Crippen LogP contribution in [0.2, 0.25) is 5.02 Å². The van der Waals surface area contributed by atoms with Gasteiger partial charge in [0.05, 0.1) is 6.54 Å². The zero-order valence-electron chi connectivity index (χ0n) is 13.4. The molecule has 0 spiro atoms. The Hall–Kier alpha value is -3.30. The summed E-state index contributed by atoms with van der Waals surface area (Å²) in [6.07, 6.45) is 0. The second-order valence-electron chi connectivity index (χ2n) is 5.15. The minimum absolute atomic E-state index is 0.0362. The van der Waals surface area contributed by atoms with Gasteiger partial charge in [-0.3, -0.25) is 10.7 Å². The monoisotopic (exact) mass is 371 g/mol. The van der Waals surface area contributed by atoms with Crippen molar-refractivity contribution in [2.75, 3.05) is 0 Å². The summed E-state index contributed by atoms with van der Waals surface area (Å²) in [6.45, 7) is 0.346. The average molecular weight is 372 g/mol. The average Bonchev–Trinajstić information content (AvgIpc) is 3.11. The lowest BCUT2D eigenvalue weighted by Crippen LogP contribution is -2.29. The van der Waals surface area contributed by atoms with Crippen LogP contribution in [0.1, 0.15) is 11.1 Å². The van der Waals surface area contributed by atoms with Crippen LogP contribution in [0.5, 0.6) is 0 Å². The molecule has 26 heavy (non-hydrogen) atoms. The first-order valence-electron chi connectivity index (χ1n) is 7.48. The number of halogens is 1. The predicted molar refractivity (Wildman–Crippen MR) is 95.2 cm³/mol. The van der Waals surface area contributed by atoms with E-state index < -0.39 is 0 Å². The Bertz CT molecular complexity index is 923. The van der Waals surface area contributed by atoms with E-state index in [4.69, 9.17) is 11.6 Å². The molecule has 0 aliphatic rings. The molecular formula is C16H14ClN7O2. The number of aromatic nitrogens is 4. The van der Waals surface area contributed by atoms with E-state index in [1.54, 1.807) is 36.4 Å². The van der Waals surface area contributed by atoms with Gasteiger partial charge in [0.25, 0.3) is 5.95 Å². The van der Waals surface area contributed by atoms with Gasteiger partial charge in [0.15, 0.2) is 11.5 Å². The van der Waals surface area contributed by atoms with Gasteiger partial charge in [0, 0.05) is 10.6 Å². The third-order valence-electron chi connectivity index (χ3n) is 3.45. The van der Waals surface area contributed by atoms with Crippen molar-refractivity contribution in [3.8, 4) is 0 Å². The fraction of sp³-hybridized carbons (Fsp3) is 0.0625. The zero-order valence-corrected chi connectivity index (χ0v) is 14.1. The lowest BCUT2D eigenvalue weighted by Gasteiger charge is -2.07. The Labute approximate surface area is 153 Å². The molecule has 3 aromatic rings. The quantitative estimate of drug-likeness (QED) is 0.274. The summed E-state index contributed by atoms with van der Waals surface area (Å²) in [7, 11) is 0. The van der Waals surface area contributed by atoms with E-state index in [2.05, 4.69) is 25.7 Å². The molecule has 0 saturated heterocycles. The van der Waals surface area contributed by atoms with Gasteiger partial charge in [0.1, 0.15) is 0 Å². The molecule has 0 atom stereocenters. The summed E-state index contributed by atoms with van der Waals surface area (Å²) in [6, 6.07) is 16.0. The molecule has 1 heterocycles. The minimum Gasteiger partial charge on any atom is -0.410 e. The third-order valence-corrected chi connectivity index (χ3v) is 3.70. The second-order valence-corrected chi connectivity index (χ2v) is 5.59. The molecule has 0 bridgehead atoms. The molecule has 0 fully saturated rings. The van der Waals surface area contributed by atoms with Gasteiger partial charge in [-0.05, 0) is 28.1 Å². The van der Waals surface area contributed by atoms with Crippen LogP contribution in [0.4, 0.5) is 5.95 Å². The van der Waals surface area contributed by atoms with E-state index in [0.717, 1.165) is 5.56 Å². The minimum atomic E-state index is -0.106. The van der Waals surface area contributed by atoms with Crippen molar-refractivity contribution in [3.05, 3.63) is 70.7 Å². The zero-order chi connectivity index (χ0) is 18.4. The Balaban J connectivity index is 1.91. The van der Waals surface area contributed by atoms with Crippen LogP contribution < -0.4 is 5.48 Å². The number of aliphatic imine (C=N–C) groups is 1. The van der Waals surface area contributed by atoms with Crippen LogP contribution in [0, 0.1) is 0 Å². The molecule has 0 unspecified atom stereocenters. The van der Waals surface area contributed by atoms with Crippen molar-refractivity contribution in [1.82, 2.24) is 25.7 Å². The van der Waals surface area contributed by atoms with Crippen molar-refractivity contribution in [2.24, 2.45) is 10.1 Å². The molecule has 0 aliphatic carbocycles.